The van der Waals surface area contributed by atoms with E-state index in [9.17, 15) is 0 Å². The maximum Gasteiger partial charge on any atom is 0.0975 e. The molecule has 0 radical (unpaired) electrons. The first-order valence-corrected chi connectivity index (χ1v) is 5.97. The topological polar surface area (TPSA) is 0 Å². The summed E-state index contributed by atoms with van der Waals surface area (Å²) in [7, 11) is 0. The van der Waals surface area contributed by atoms with Gasteiger partial charge in [0.15, 0.2) is 0 Å². The van der Waals surface area contributed by atoms with Crippen LogP contribution < -0.4 is 0 Å². The molecule has 1 heterocycles. The number of hydrogen-bond acceptors (Lipinski definition) is 0. The second-order valence-corrected chi connectivity index (χ2v) is 4.56. The summed E-state index contributed by atoms with van der Waals surface area (Å²) in [6.07, 6.45) is 11.3. The predicted molar refractivity (Wildman–Crippen MR) is 67.7 cm³/mol. The van der Waals surface area contributed by atoms with Gasteiger partial charge in [-0.05, 0) is 31.4 Å². The minimum atomic E-state index is 0.729. The molecule has 15 heavy (non-hydrogen) atoms. The molecule has 1 atom stereocenters. The van der Waals surface area contributed by atoms with E-state index in [1.165, 1.54) is 25.8 Å². The fraction of sp³-hybridized carbons (Fsp3) is 0.571. The first-order chi connectivity index (χ1) is 7.29. The van der Waals surface area contributed by atoms with Crippen molar-refractivity contribution in [3.8, 4) is 0 Å². The lowest BCUT2D eigenvalue weighted by molar-refractivity contribution is -0.945. The van der Waals surface area contributed by atoms with E-state index in [0.29, 0.717) is 0 Å². The van der Waals surface area contributed by atoms with Crippen LogP contribution in [0.2, 0.25) is 0 Å². The molecule has 0 bridgehead atoms. The van der Waals surface area contributed by atoms with Crippen molar-refractivity contribution in [2.45, 2.75) is 31.7 Å². The summed E-state index contributed by atoms with van der Waals surface area (Å²) < 4.78 is 1.15. The second-order valence-electron chi connectivity index (χ2n) is 4.56. The van der Waals surface area contributed by atoms with Gasteiger partial charge >= 0.3 is 0 Å². The molecule has 1 aliphatic heterocycles. The zero-order valence-electron chi connectivity index (χ0n) is 9.83. The molecule has 1 fully saturated rings. The van der Waals surface area contributed by atoms with Crippen LogP contribution in [-0.4, -0.2) is 30.2 Å². The van der Waals surface area contributed by atoms with Gasteiger partial charge in [-0.25, -0.2) is 0 Å². The normalized spacial score (nSPS) is 24.4. The minimum absolute atomic E-state index is 0.729. The standard InChI is InChI=1S/C14H24N/c1-4-9-14-10-7-8-13-15(14,11-5-2)12-6-3/h4-6,14H,1-3,7-13H2/q+1. The molecule has 84 valence electrons. The molecular formula is C14H24N+. The molecular weight excluding hydrogens is 182 g/mol. The Kier molecular flexibility index (Phi) is 4.83. The van der Waals surface area contributed by atoms with Crippen molar-refractivity contribution >= 4 is 0 Å². The number of hydrogen-bond donors (Lipinski definition) is 0. The Morgan fingerprint density at radius 1 is 1.00 bits per heavy atom. The molecule has 1 rings (SSSR count). The Bertz CT molecular complexity index is 219. The fourth-order valence-electron chi connectivity index (χ4n) is 2.87. The fourth-order valence-corrected chi connectivity index (χ4v) is 2.87. The van der Waals surface area contributed by atoms with Crippen molar-refractivity contribution in [3.63, 3.8) is 0 Å². The summed E-state index contributed by atoms with van der Waals surface area (Å²) in [5.74, 6) is 0. The number of likely N-dealkylation sites (tertiary alicyclic amines) is 1. The molecule has 1 heteroatoms. The Morgan fingerprint density at radius 2 is 1.67 bits per heavy atom. The quantitative estimate of drug-likeness (QED) is 0.462. The van der Waals surface area contributed by atoms with Gasteiger partial charge < -0.3 is 4.48 Å². The maximum absolute atomic E-state index is 3.90. The van der Waals surface area contributed by atoms with Crippen LogP contribution in [0.15, 0.2) is 38.0 Å². The zero-order chi connectivity index (χ0) is 11.1. The van der Waals surface area contributed by atoms with Crippen LogP contribution in [0.3, 0.4) is 0 Å². The first kappa shape index (κ1) is 12.3. The molecule has 0 aliphatic carbocycles. The Labute approximate surface area is 94.4 Å². The molecule has 0 amide bonds. The number of piperidine rings is 1. The van der Waals surface area contributed by atoms with Gasteiger partial charge in [-0.3, -0.25) is 0 Å². The third kappa shape index (κ3) is 2.82. The Morgan fingerprint density at radius 3 is 2.20 bits per heavy atom. The smallest absolute Gasteiger partial charge is 0.0975 e. The van der Waals surface area contributed by atoms with Crippen LogP contribution in [0.1, 0.15) is 25.7 Å². The molecule has 1 unspecified atom stereocenters. The van der Waals surface area contributed by atoms with E-state index in [0.717, 1.165) is 30.0 Å². The van der Waals surface area contributed by atoms with Crippen LogP contribution in [0.5, 0.6) is 0 Å². The van der Waals surface area contributed by atoms with Crippen molar-refractivity contribution in [1.82, 2.24) is 0 Å². The second kappa shape index (κ2) is 5.92. The lowest BCUT2D eigenvalue weighted by Crippen LogP contribution is -2.58. The van der Waals surface area contributed by atoms with Crippen molar-refractivity contribution in [2.24, 2.45) is 0 Å². The van der Waals surface area contributed by atoms with E-state index in [2.05, 4.69) is 38.0 Å². The summed E-state index contributed by atoms with van der Waals surface area (Å²) in [4.78, 5) is 0. The van der Waals surface area contributed by atoms with E-state index in [1.807, 2.05) is 0 Å². The number of rotatable bonds is 6. The summed E-state index contributed by atoms with van der Waals surface area (Å²) in [5.41, 5.74) is 0. The highest BCUT2D eigenvalue weighted by molar-refractivity contribution is 4.82. The van der Waals surface area contributed by atoms with E-state index in [-0.39, 0.29) is 0 Å². The van der Waals surface area contributed by atoms with Crippen molar-refractivity contribution < 1.29 is 4.48 Å². The predicted octanol–water partition coefficient (Wildman–Crippen LogP) is 3.30. The Hall–Kier alpha value is -0.820. The average molecular weight is 206 g/mol. The van der Waals surface area contributed by atoms with Gasteiger partial charge in [0.25, 0.3) is 0 Å². The van der Waals surface area contributed by atoms with E-state index in [4.69, 9.17) is 0 Å². The molecule has 1 nitrogen and oxygen atoms in total. The molecule has 0 aromatic carbocycles. The van der Waals surface area contributed by atoms with E-state index in [1.54, 1.807) is 0 Å². The van der Waals surface area contributed by atoms with Gasteiger partial charge in [-0.2, -0.15) is 0 Å². The van der Waals surface area contributed by atoms with Crippen LogP contribution in [0.4, 0.5) is 0 Å². The van der Waals surface area contributed by atoms with E-state index < -0.39 is 0 Å². The van der Waals surface area contributed by atoms with Gasteiger partial charge in [0.2, 0.25) is 0 Å². The van der Waals surface area contributed by atoms with Gasteiger partial charge in [0.1, 0.15) is 0 Å². The van der Waals surface area contributed by atoms with Crippen LogP contribution in [0, 0.1) is 0 Å². The van der Waals surface area contributed by atoms with Gasteiger partial charge in [-0.1, -0.05) is 19.2 Å². The van der Waals surface area contributed by atoms with Crippen molar-refractivity contribution in [1.29, 1.82) is 0 Å². The van der Waals surface area contributed by atoms with Gasteiger partial charge in [0.05, 0.1) is 25.7 Å². The number of nitrogens with zero attached hydrogens (tertiary/aromatic N) is 1. The lowest BCUT2D eigenvalue weighted by Gasteiger charge is -2.46. The highest BCUT2D eigenvalue weighted by Gasteiger charge is 2.36. The molecule has 0 spiro atoms. The molecule has 0 saturated carbocycles. The zero-order valence-corrected chi connectivity index (χ0v) is 9.83. The Balaban J connectivity index is 2.81. The minimum Gasteiger partial charge on any atom is -0.314 e. The molecule has 1 aliphatic rings. The lowest BCUT2D eigenvalue weighted by atomic mass is 9.95. The van der Waals surface area contributed by atoms with Crippen LogP contribution >= 0.6 is 0 Å². The molecule has 0 aromatic rings. The monoisotopic (exact) mass is 206 g/mol. The summed E-state index contributed by atoms with van der Waals surface area (Å²) in [5, 5.41) is 0. The van der Waals surface area contributed by atoms with E-state index >= 15 is 0 Å². The average Bonchev–Trinajstić information content (AvgIpc) is 2.23. The first-order valence-electron chi connectivity index (χ1n) is 5.97. The highest BCUT2D eigenvalue weighted by atomic mass is 15.4. The molecule has 0 aromatic heterocycles. The summed E-state index contributed by atoms with van der Waals surface area (Å²) in [6.45, 7) is 15.1. The van der Waals surface area contributed by atoms with Crippen LogP contribution in [-0.2, 0) is 0 Å². The molecule has 0 N–H and O–H groups in total. The third-order valence-corrected chi connectivity index (χ3v) is 3.59. The number of quaternary nitrogens is 1. The molecule has 1 saturated heterocycles. The maximum atomic E-state index is 3.90. The highest BCUT2D eigenvalue weighted by Crippen LogP contribution is 2.28. The summed E-state index contributed by atoms with van der Waals surface area (Å²) in [6, 6.07) is 0.729. The van der Waals surface area contributed by atoms with Crippen molar-refractivity contribution in [3.05, 3.63) is 38.0 Å². The van der Waals surface area contributed by atoms with Crippen molar-refractivity contribution in [2.75, 3.05) is 19.6 Å². The van der Waals surface area contributed by atoms with Gasteiger partial charge in [-0.15, -0.1) is 6.58 Å². The van der Waals surface area contributed by atoms with Gasteiger partial charge in [0, 0.05) is 6.42 Å². The summed E-state index contributed by atoms with van der Waals surface area (Å²) >= 11 is 0. The van der Waals surface area contributed by atoms with Crippen LogP contribution in [0.25, 0.3) is 0 Å². The largest absolute Gasteiger partial charge is 0.314 e. The SMILES string of the molecule is C=CCC1CCCC[N+]1(CC=C)CC=C. The third-order valence-electron chi connectivity index (χ3n) is 3.59.